The van der Waals surface area contributed by atoms with Gasteiger partial charge >= 0.3 is 5.97 Å². The maximum absolute atomic E-state index is 12.8. The minimum absolute atomic E-state index is 0.102. The first-order valence-corrected chi connectivity index (χ1v) is 10.3. The van der Waals surface area contributed by atoms with Crippen LogP contribution in [-0.2, 0) is 16.1 Å². The fraction of sp³-hybridized carbons (Fsp3) is 0.348. The predicted octanol–water partition coefficient (Wildman–Crippen LogP) is 3.32. The number of carboxylic acid groups (broad SMARTS) is 1. The number of anilines is 1. The van der Waals surface area contributed by atoms with Gasteiger partial charge in [-0.1, -0.05) is 31.0 Å². The van der Waals surface area contributed by atoms with Crippen molar-refractivity contribution < 1.29 is 29.0 Å². The Bertz CT molecular complexity index is 1010. The highest BCUT2D eigenvalue weighted by atomic mass is 16.7. The van der Waals surface area contributed by atoms with Gasteiger partial charge in [0, 0.05) is 13.0 Å². The molecule has 8 nitrogen and oxygen atoms in total. The van der Waals surface area contributed by atoms with E-state index >= 15 is 0 Å². The molecule has 1 saturated carbocycles. The minimum Gasteiger partial charge on any atom is -0.481 e. The van der Waals surface area contributed by atoms with Crippen LogP contribution in [0.1, 0.15) is 48.0 Å². The summed E-state index contributed by atoms with van der Waals surface area (Å²) in [6.45, 7) is 0.460. The summed E-state index contributed by atoms with van der Waals surface area (Å²) in [6.07, 6.45) is 2.49. The lowest BCUT2D eigenvalue weighted by Gasteiger charge is -2.23. The van der Waals surface area contributed by atoms with Gasteiger partial charge in [0.1, 0.15) is 0 Å². The van der Waals surface area contributed by atoms with Crippen molar-refractivity contribution in [3.8, 4) is 11.5 Å². The van der Waals surface area contributed by atoms with Gasteiger partial charge in [0.2, 0.25) is 12.7 Å². The number of fused-ring (bicyclic) bond motifs is 1. The van der Waals surface area contributed by atoms with E-state index in [9.17, 15) is 19.5 Å². The average Bonchev–Trinajstić information content (AvgIpc) is 3.42. The number of carboxylic acids is 1. The van der Waals surface area contributed by atoms with E-state index in [0.717, 1.165) is 18.4 Å². The average molecular weight is 424 g/mol. The Morgan fingerprint density at radius 1 is 1.00 bits per heavy atom. The zero-order chi connectivity index (χ0) is 21.8. The van der Waals surface area contributed by atoms with Gasteiger partial charge in [0.25, 0.3) is 5.91 Å². The zero-order valence-corrected chi connectivity index (χ0v) is 17.0. The molecule has 0 saturated heterocycles. The van der Waals surface area contributed by atoms with Crippen molar-refractivity contribution in [3.63, 3.8) is 0 Å². The second-order valence-corrected chi connectivity index (χ2v) is 7.93. The minimum atomic E-state index is -1.01. The Labute approximate surface area is 179 Å². The highest BCUT2D eigenvalue weighted by Crippen LogP contribution is 2.41. The molecule has 3 N–H and O–H groups in total. The van der Waals surface area contributed by atoms with Gasteiger partial charge in [0.15, 0.2) is 11.5 Å². The summed E-state index contributed by atoms with van der Waals surface area (Å²) in [5, 5.41) is 15.2. The summed E-state index contributed by atoms with van der Waals surface area (Å²) in [5.74, 6) is -0.374. The maximum atomic E-state index is 12.8. The van der Waals surface area contributed by atoms with Crippen molar-refractivity contribution in [3.05, 3.63) is 53.6 Å². The molecule has 1 aliphatic heterocycles. The number of nitrogens with one attached hydrogen (secondary N) is 2. The molecule has 0 radical (unpaired) electrons. The lowest BCUT2D eigenvalue weighted by molar-refractivity contribution is -0.150. The number of ether oxygens (including phenoxy) is 2. The molecule has 0 aromatic heterocycles. The summed E-state index contributed by atoms with van der Waals surface area (Å²) >= 11 is 0. The number of hydrogen-bond acceptors (Lipinski definition) is 5. The fourth-order valence-electron chi connectivity index (χ4n) is 4.14. The Morgan fingerprint density at radius 3 is 2.52 bits per heavy atom. The molecule has 0 unspecified atom stereocenters. The van der Waals surface area contributed by atoms with E-state index in [1.807, 2.05) is 12.1 Å². The van der Waals surface area contributed by atoms with Crippen LogP contribution in [0, 0.1) is 5.41 Å². The summed E-state index contributed by atoms with van der Waals surface area (Å²) in [4.78, 5) is 37.1. The molecule has 162 valence electrons. The van der Waals surface area contributed by atoms with Crippen molar-refractivity contribution in [2.75, 3.05) is 12.1 Å². The van der Waals surface area contributed by atoms with E-state index in [0.29, 0.717) is 35.6 Å². The Morgan fingerprint density at radius 2 is 1.74 bits per heavy atom. The second kappa shape index (κ2) is 8.67. The SMILES string of the molecule is O=C(CC1(C(=O)O)CCCC1)Nc1ccccc1C(=O)NCc1ccc2c(c1)OCO2. The summed E-state index contributed by atoms with van der Waals surface area (Å²) < 4.78 is 10.6. The molecule has 8 heteroatoms. The van der Waals surface area contributed by atoms with Crippen molar-refractivity contribution in [2.24, 2.45) is 5.41 Å². The molecule has 2 aromatic rings. The number of para-hydroxylation sites is 1. The monoisotopic (exact) mass is 424 g/mol. The number of carbonyl (C=O) groups is 3. The molecule has 0 bridgehead atoms. The molecule has 31 heavy (non-hydrogen) atoms. The standard InChI is InChI=1S/C23H24N2O6/c26-20(12-23(22(28)29)9-3-4-10-23)25-17-6-2-1-5-16(17)21(27)24-13-15-7-8-18-19(11-15)31-14-30-18/h1-2,5-8,11H,3-4,9-10,12-14H2,(H,24,27)(H,25,26)(H,28,29). The third kappa shape index (κ3) is 4.47. The first-order valence-electron chi connectivity index (χ1n) is 10.3. The van der Waals surface area contributed by atoms with Crippen molar-refractivity contribution in [1.82, 2.24) is 5.32 Å². The molecule has 1 fully saturated rings. The molecule has 2 aliphatic rings. The van der Waals surface area contributed by atoms with Crippen LogP contribution < -0.4 is 20.1 Å². The summed E-state index contributed by atoms with van der Waals surface area (Å²) in [7, 11) is 0. The van der Waals surface area contributed by atoms with Gasteiger partial charge in [-0.2, -0.15) is 0 Å². The van der Waals surface area contributed by atoms with E-state index in [1.54, 1.807) is 30.3 Å². The van der Waals surface area contributed by atoms with Crippen LogP contribution >= 0.6 is 0 Å². The maximum Gasteiger partial charge on any atom is 0.310 e. The van der Waals surface area contributed by atoms with E-state index in [1.165, 1.54) is 0 Å². The quantitative estimate of drug-likeness (QED) is 0.628. The topological polar surface area (TPSA) is 114 Å². The predicted molar refractivity (Wildman–Crippen MR) is 112 cm³/mol. The Hall–Kier alpha value is -3.55. The van der Waals surface area contributed by atoms with Crippen molar-refractivity contribution >= 4 is 23.5 Å². The molecule has 4 rings (SSSR count). The molecule has 2 aromatic carbocycles. The number of aliphatic carboxylic acids is 1. The lowest BCUT2D eigenvalue weighted by atomic mass is 9.82. The first-order chi connectivity index (χ1) is 15.0. The largest absolute Gasteiger partial charge is 0.481 e. The summed E-state index contributed by atoms with van der Waals surface area (Å²) in [6, 6.07) is 12.1. The molecule has 1 aliphatic carbocycles. The zero-order valence-electron chi connectivity index (χ0n) is 17.0. The summed E-state index contributed by atoms with van der Waals surface area (Å²) in [5.41, 5.74) is 0.506. The molecule has 2 amide bonds. The van der Waals surface area contributed by atoms with E-state index in [-0.39, 0.29) is 25.7 Å². The lowest BCUT2D eigenvalue weighted by Crippen LogP contribution is -2.33. The van der Waals surface area contributed by atoms with E-state index < -0.39 is 17.3 Å². The van der Waals surface area contributed by atoms with Crippen LogP contribution in [0.3, 0.4) is 0 Å². The fourth-order valence-corrected chi connectivity index (χ4v) is 4.14. The molecule has 1 heterocycles. The van der Waals surface area contributed by atoms with Gasteiger partial charge in [0.05, 0.1) is 16.7 Å². The van der Waals surface area contributed by atoms with Gasteiger partial charge in [-0.05, 0) is 42.7 Å². The van der Waals surface area contributed by atoms with Crippen molar-refractivity contribution in [2.45, 2.75) is 38.6 Å². The smallest absolute Gasteiger partial charge is 0.310 e. The van der Waals surface area contributed by atoms with Crippen LogP contribution in [0.2, 0.25) is 0 Å². The van der Waals surface area contributed by atoms with Crippen molar-refractivity contribution in [1.29, 1.82) is 0 Å². The number of rotatable bonds is 7. The number of amides is 2. The van der Waals surface area contributed by atoms with Crippen LogP contribution in [0.15, 0.2) is 42.5 Å². The Balaban J connectivity index is 1.41. The molecular weight excluding hydrogens is 400 g/mol. The second-order valence-electron chi connectivity index (χ2n) is 7.93. The number of carbonyl (C=O) groups excluding carboxylic acids is 2. The molecule has 0 spiro atoms. The highest BCUT2D eigenvalue weighted by molar-refractivity contribution is 6.04. The van der Waals surface area contributed by atoms with Crippen LogP contribution in [0.4, 0.5) is 5.69 Å². The highest BCUT2D eigenvalue weighted by Gasteiger charge is 2.43. The van der Waals surface area contributed by atoms with Crippen LogP contribution in [-0.4, -0.2) is 29.7 Å². The number of benzene rings is 2. The molecule has 0 atom stereocenters. The van der Waals surface area contributed by atoms with E-state index in [4.69, 9.17) is 9.47 Å². The van der Waals surface area contributed by atoms with Crippen LogP contribution in [0.5, 0.6) is 11.5 Å². The van der Waals surface area contributed by atoms with Gasteiger partial charge in [-0.15, -0.1) is 0 Å². The van der Waals surface area contributed by atoms with Gasteiger partial charge in [-0.3, -0.25) is 14.4 Å². The number of hydrogen-bond donors (Lipinski definition) is 3. The van der Waals surface area contributed by atoms with Gasteiger partial charge < -0.3 is 25.2 Å². The third-order valence-electron chi connectivity index (χ3n) is 5.85. The molecular formula is C23H24N2O6. The van der Waals surface area contributed by atoms with Gasteiger partial charge in [-0.25, -0.2) is 0 Å². The van der Waals surface area contributed by atoms with E-state index in [2.05, 4.69) is 10.6 Å². The van der Waals surface area contributed by atoms with Crippen LogP contribution in [0.25, 0.3) is 0 Å². The first kappa shape index (κ1) is 20.7. The normalized spacial score (nSPS) is 16.0. The Kier molecular flexibility index (Phi) is 5.79. The third-order valence-corrected chi connectivity index (χ3v) is 5.85.